The van der Waals surface area contributed by atoms with E-state index < -0.39 is 0 Å². The number of H-pyrrole nitrogens is 1. The zero-order valence-corrected chi connectivity index (χ0v) is 19.0. The number of nitrogens with zero attached hydrogens (tertiary/aromatic N) is 1. The predicted molar refractivity (Wildman–Crippen MR) is 126 cm³/mol. The Balaban J connectivity index is 1.57. The molecule has 5 nitrogen and oxygen atoms in total. The highest BCUT2D eigenvalue weighted by atomic mass is 32.2. The van der Waals surface area contributed by atoms with Crippen molar-refractivity contribution < 1.29 is 4.79 Å². The Morgan fingerprint density at radius 3 is 2.68 bits per heavy atom. The molecule has 2 aliphatic rings. The number of fused-ring (bicyclic) bond motifs is 1. The van der Waals surface area contributed by atoms with Crippen LogP contribution in [0.1, 0.15) is 48.6 Å². The summed E-state index contributed by atoms with van der Waals surface area (Å²) in [5.41, 5.74) is 3.04. The number of anilines is 1. The Morgan fingerprint density at radius 1 is 1.13 bits per heavy atom. The van der Waals surface area contributed by atoms with Gasteiger partial charge in [-0.15, -0.1) is 11.3 Å². The fraction of sp³-hybridized carbons (Fsp3) is 0.292. The average molecular weight is 450 g/mol. The third-order valence-electron chi connectivity index (χ3n) is 5.75. The first kappa shape index (κ1) is 20.3. The number of nitrogens with one attached hydrogen (secondary N) is 2. The first-order valence-corrected chi connectivity index (χ1v) is 12.2. The standard InChI is InChI=1S/C24H23N3O2S2/c1-24(2)11-15-18(16(28)12-24)19(17-9-6-10-30-17)20-21(25-15)26-23(27-22(20)29)31-13-14-7-4-3-5-8-14/h3-10,19H,11-13H2,1-2H3,(H2,25,26,27,29)/t19-/m1/s1. The summed E-state index contributed by atoms with van der Waals surface area (Å²) in [6, 6.07) is 14.1. The van der Waals surface area contributed by atoms with E-state index >= 15 is 0 Å². The van der Waals surface area contributed by atoms with E-state index in [0.717, 1.165) is 28.3 Å². The zero-order chi connectivity index (χ0) is 21.6. The van der Waals surface area contributed by atoms with Crippen LogP contribution in [-0.4, -0.2) is 15.8 Å². The molecular formula is C24H23N3O2S2. The highest BCUT2D eigenvalue weighted by Gasteiger charge is 2.42. The van der Waals surface area contributed by atoms with E-state index in [4.69, 9.17) is 4.98 Å². The Bertz CT molecular complexity index is 1230. The molecular weight excluding hydrogens is 426 g/mol. The molecule has 0 radical (unpaired) electrons. The van der Waals surface area contributed by atoms with Crippen molar-refractivity contribution in [3.63, 3.8) is 0 Å². The van der Waals surface area contributed by atoms with Gasteiger partial charge in [-0.3, -0.25) is 9.59 Å². The molecule has 2 N–H and O–H groups in total. The van der Waals surface area contributed by atoms with Gasteiger partial charge < -0.3 is 10.3 Å². The zero-order valence-electron chi connectivity index (χ0n) is 17.4. The maximum Gasteiger partial charge on any atom is 0.257 e. The molecule has 3 aromatic rings. The van der Waals surface area contributed by atoms with Gasteiger partial charge in [0.05, 0.1) is 11.5 Å². The van der Waals surface area contributed by atoms with Crippen LogP contribution >= 0.6 is 23.1 Å². The Kier molecular flexibility index (Phi) is 5.10. The molecule has 1 aliphatic carbocycles. The fourth-order valence-electron chi connectivity index (χ4n) is 4.43. The van der Waals surface area contributed by atoms with E-state index in [-0.39, 0.29) is 22.7 Å². The topological polar surface area (TPSA) is 74.8 Å². The minimum absolute atomic E-state index is 0.115. The molecule has 1 aliphatic heterocycles. The molecule has 0 fully saturated rings. The largest absolute Gasteiger partial charge is 0.343 e. The molecule has 5 rings (SSSR count). The number of benzene rings is 1. The maximum absolute atomic E-state index is 13.2. The number of Topliss-reactive ketones (excluding diaryl/α,β-unsaturated/α-hetero) is 1. The van der Waals surface area contributed by atoms with Gasteiger partial charge in [-0.05, 0) is 28.8 Å². The third-order valence-corrected chi connectivity index (χ3v) is 7.63. The Morgan fingerprint density at radius 2 is 1.94 bits per heavy atom. The smallest absolute Gasteiger partial charge is 0.257 e. The summed E-state index contributed by atoms with van der Waals surface area (Å²) in [7, 11) is 0. The van der Waals surface area contributed by atoms with Crippen LogP contribution in [-0.2, 0) is 10.5 Å². The van der Waals surface area contributed by atoms with Crippen LogP contribution in [0, 0.1) is 5.41 Å². The highest BCUT2D eigenvalue weighted by molar-refractivity contribution is 7.98. The molecule has 3 heterocycles. The number of hydrogen-bond donors (Lipinski definition) is 2. The van der Waals surface area contributed by atoms with E-state index in [0.29, 0.717) is 23.0 Å². The Hall–Kier alpha value is -2.64. The second-order valence-corrected chi connectivity index (χ2v) is 10.8. The molecule has 1 atom stereocenters. The van der Waals surface area contributed by atoms with Crippen LogP contribution in [0.4, 0.5) is 5.82 Å². The van der Waals surface area contributed by atoms with Crippen molar-refractivity contribution in [1.29, 1.82) is 0 Å². The van der Waals surface area contributed by atoms with E-state index in [1.165, 1.54) is 17.3 Å². The number of rotatable bonds is 4. The molecule has 2 aromatic heterocycles. The second-order valence-electron chi connectivity index (χ2n) is 8.81. The third kappa shape index (κ3) is 3.88. The molecule has 0 bridgehead atoms. The van der Waals surface area contributed by atoms with E-state index in [1.807, 2.05) is 35.7 Å². The molecule has 0 unspecified atom stereocenters. The summed E-state index contributed by atoms with van der Waals surface area (Å²) >= 11 is 3.07. The average Bonchev–Trinajstić information content (AvgIpc) is 3.25. The first-order chi connectivity index (χ1) is 14.9. The van der Waals surface area contributed by atoms with Gasteiger partial charge in [0, 0.05) is 28.3 Å². The van der Waals surface area contributed by atoms with Gasteiger partial charge in [0.15, 0.2) is 10.9 Å². The van der Waals surface area contributed by atoms with E-state index in [2.05, 4.69) is 36.3 Å². The quantitative estimate of drug-likeness (QED) is 0.416. The van der Waals surface area contributed by atoms with Gasteiger partial charge in [-0.25, -0.2) is 4.98 Å². The number of thioether (sulfide) groups is 1. The number of aromatic amines is 1. The summed E-state index contributed by atoms with van der Waals surface area (Å²) < 4.78 is 0. The summed E-state index contributed by atoms with van der Waals surface area (Å²) in [5, 5.41) is 5.94. The van der Waals surface area contributed by atoms with Gasteiger partial charge in [0.2, 0.25) is 0 Å². The number of hydrogen-bond acceptors (Lipinski definition) is 6. The summed E-state index contributed by atoms with van der Waals surface area (Å²) in [5.74, 6) is 1.04. The molecule has 0 amide bonds. The Labute approximate surface area is 189 Å². The summed E-state index contributed by atoms with van der Waals surface area (Å²) in [6.45, 7) is 4.22. The number of thiophene rings is 1. The predicted octanol–water partition coefficient (Wildman–Crippen LogP) is 5.32. The molecule has 7 heteroatoms. The maximum atomic E-state index is 13.2. The van der Waals surface area contributed by atoms with Crippen LogP contribution in [0.3, 0.4) is 0 Å². The lowest BCUT2D eigenvalue weighted by molar-refractivity contribution is -0.118. The second kappa shape index (κ2) is 7.80. The van der Waals surface area contributed by atoms with Gasteiger partial charge in [0.1, 0.15) is 5.82 Å². The van der Waals surface area contributed by atoms with Crippen molar-refractivity contribution in [3.05, 3.63) is 85.5 Å². The van der Waals surface area contributed by atoms with Crippen LogP contribution in [0.25, 0.3) is 0 Å². The van der Waals surface area contributed by atoms with Gasteiger partial charge in [0.25, 0.3) is 5.56 Å². The lowest BCUT2D eigenvalue weighted by Gasteiger charge is -2.38. The number of aromatic nitrogens is 2. The van der Waals surface area contributed by atoms with Crippen LogP contribution < -0.4 is 10.9 Å². The molecule has 31 heavy (non-hydrogen) atoms. The first-order valence-electron chi connectivity index (χ1n) is 10.3. The lowest BCUT2D eigenvalue weighted by Crippen LogP contribution is -2.36. The monoisotopic (exact) mass is 449 g/mol. The van der Waals surface area contributed by atoms with Gasteiger partial charge in [-0.1, -0.05) is 62.0 Å². The fourth-order valence-corrected chi connectivity index (χ4v) is 6.09. The normalized spacial score (nSPS) is 19.5. The number of ketones is 1. The summed E-state index contributed by atoms with van der Waals surface area (Å²) in [6.07, 6.45) is 1.25. The number of allylic oxidation sites excluding steroid dienone is 2. The number of carbonyl (C=O) groups excluding carboxylic acids is 1. The van der Waals surface area contributed by atoms with Gasteiger partial charge >= 0.3 is 0 Å². The van der Waals surface area contributed by atoms with Crippen molar-refractivity contribution in [2.45, 2.75) is 43.5 Å². The molecule has 0 saturated heterocycles. The van der Waals surface area contributed by atoms with Crippen molar-refractivity contribution >= 4 is 34.7 Å². The van der Waals surface area contributed by atoms with Crippen LogP contribution in [0.2, 0.25) is 0 Å². The highest BCUT2D eigenvalue weighted by Crippen LogP contribution is 2.48. The minimum atomic E-state index is -0.362. The minimum Gasteiger partial charge on any atom is -0.343 e. The summed E-state index contributed by atoms with van der Waals surface area (Å²) in [4.78, 5) is 35.1. The molecule has 0 saturated carbocycles. The SMILES string of the molecule is CC1(C)CC(=O)C2=C(C1)Nc1nc(SCc3ccccc3)[nH]c(=O)c1[C@@H]2c1cccs1. The van der Waals surface area contributed by atoms with Crippen molar-refractivity contribution in [2.75, 3.05) is 5.32 Å². The lowest BCUT2D eigenvalue weighted by atomic mass is 9.70. The molecule has 1 aromatic carbocycles. The van der Waals surface area contributed by atoms with Crippen molar-refractivity contribution in [1.82, 2.24) is 9.97 Å². The van der Waals surface area contributed by atoms with Crippen LogP contribution in [0.5, 0.6) is 0 Å². The van der Waals surface area contributed by atoms with E-state index in [9.17, 15) is 9.59 Å². The molecule has 158 valence electrons. The van der Waals surface area contributed by atoms with Crippen molar-refractivity contribution in [2.24, 2.45) is 5.41 Å². The van der Waals surface area contributed by atoms with Gasteiger partial charge in [-0.2, -0.15) is 0 Å². The molecule has 0 spiro atoms. The van der Waals surface area contributed by atoms with E-state index in [1.54, 1.807) is 11.3 Å². The van der Waals surface area contributed by atoms with Crippen molar-refractivity contribution in [3.8, 4) is 0 Å². The van der Waals surface area contributed by atoms with Crippen LogP contribution in [0.15, 0.2) is 69.1 Å². The number of carbonyl (C=O) groups is 1.